The number of rotatable bonds is 6. The number of hydrogen-bond acceptors (Lipinski definition) is 9. The lowest BCUT2D eigenvalue weighted by molar-refractivity contribution is -0.148. The number of amides is 1. The standard InChI is InChI=1S/C35H32BrN3O7/c1-18(2)27-32-38-29(33(42)43-3)30(46-32)35-22-10-7-11-24(36)28(22)39-34(35)45-25-13-12-20(15-23(25)35)14-21(31(41)37-27)16-26(40)44-17-19-8-5-4-6-9-19/h4-13,15,18,21,27,34,39H,14,16-17H2,1-3H3,(H,37,41)/t21?,27-,34-,35?/m0/s1. The van der Waals surface area contributed by atoms with E-state index in [-0.39, 0.29) is 48.6 Å². The van der Waals surface area contributed by atoms with Crippen LogP contribution in [-0.4, -0.2) is 36.2 Å². The number of halogens is 1. The summed E-state index contributed by atoms with van der Waals surface area (Å²) in [7, 11) is 1.29. The number of para-hydroxylation sites is 1. The molecule has 2 N–H and O–H groups in total. The third-order valence-electron chi connectivity index (χ3n) is 8.94. The first-order valence-electron chi connectivity index (χ1n) is 15.2. The molecule has 0 radical (unpaired) electrons. The van der Waals surface area contributed by atoms with E-state index in [1.54, 1.807) is 0 Å². The molecule has 4 atom stereocenters. The second-order valence-electron chi connectivity index (χ2n) is 12.1. The maximum Gasteiger partial charge on any atom is 0.360 e. The van der Waals surface area contributed by atoms with E-state index in [2.05, 4.69) is 31.5 Å². The van der Waals surface area contributed by atoms with Crippen LogP contribution in [0.3, 0.4) is 0 Å². The third-order valence-corrected chi connectivity index (χ3v) is 9.60. The Bertz CT molecular complexity index is 1860. The summed E-state index contributed by atoms with van der Waals surface area (Å²) < 4.78 is 24.7. The quantitative estimate of drug-likeness (QED) is 0.241. The van der Waals surface area contributed by atoms with Gasteiger partial charge in [0.05, 0.1) is 25.1 Å². The zero-order valence-electron chi connectivity index (χ0n) is 25.5. The fourth-order valence-electron chi connectivity index (χ4n) is 6.69. The highest BCUT2D eigenvalue weighted by atomic mass is 79.9. The molecule has 10 nitrogen and oxygen atoms in total. The molecule has 1 spiro atoms. The van der Waals surface area contributed by atoms with E-state index in [0.717, 1.165) is 32.4 Å². The van der Waals surface area contributed by atoms with Gasteiger partial charge in [-0.25, -0.2) is 9.78 Å². The minimum atomic E-state index is -1.12. The Morgan fingerprint density at radius 1 is 1.07 bits per heavy atom. The first-order chi connectivity index (χ1) is 22.2. The zero-order chi connectivity index (χ0) is 32.2. The molecule has 4 heterocycles. The maximum absolute atomic E-state index is 13.9. The Morgan fingerprint density at radius 2 is 1.87 bits per heavy atom. The number of benzene rings is 3. The molecule has 0 fully saturated rings. The average Bonchev–Trinajstić information content (AvgIpc) is 3.72. The van der Waals surface area contributed by atoms with E-state index >= 15 is 0 Å². The molecule has 4 aromatic rings. The Kier molecular flexibility index (Phi) is 7.59. The van der Waals surface area contributed by atoms with Gasteiger partial charge in [-0.15, -0.1) is 0 Å². The first-order valence-corrected chi connectivity index (χ1v) is 15.9. The molecule has 3 aliphatic heterocycles. The van der Waals surface area contributed by atoms with Crippen LogP contribution in [0.4, 0.5) is 5.69 Å². The molecule has 0 saturated heterocycles. The van der Waals surface area contributed by atoms with Crippen LogP contribution in [0.15, 0.2) is 75.6 Å². The summed E-state index contributed by atoms with van der Waals surface area (Å²) in [6.07, 6.45) is -0.540. The normalized spacial score (nSPS) is 22.4. The molecule has 46 heavy (non-hydrogen) atoms. The minimum absolute atomic E-state index is 0.000774. The van der Waals surface area contributed by atoms with Crippen LogP contribution >= 0.6 is 15.9 Å². The van der Waals surface area contributed by atoms with E-state index in [1.165, 1.54) is 7.11 Å². The second-order valence-corrected chi connectivity index (χ2v) is 13.0. The minimum Gasteiger partial charge on any atom is -0.469 e. The summed E-state index contributed by atoms with van der Waals surface area (Å²) in [4.78, 5) is 45.1. The van der Waals surface area contributed by atoms with Gasteiger partial charge < -0.3 is 29.3 Å². The molecular formula is C35H32BrN3O7. The molecule has 7 rings (SSSR count). The number of anilines is 1. The van der Waals surface area contributed by atoms with Gasteiger partial charge in [0.1, 0.15) is 23.8 Å². The number of aromatic nitrogens is 1. The van der Waals surface area contributed by atoms with Crippen LogP contribution in [-0.2, 0) is 37.5 Å². The van der Waals surface area contributed by atoms with Crippen LogP contribution in [0.1, 0.15) is 70.7 Å². The lowest BCUT2D eigenvalue weighted by Crippen LogP contribution is -2.41. The van der Waals surface area contributed by atoms with Crippen molar-refractivity contribution in [3.63, 3.8) is 0 Å². The first kappa shape index (κ1) is 30.0. The SMILES string of the molecule is COC(=O)c1nc2oc1C13c4cc(ccc4O[C@@H]1Nc1c(Br)cccc13)CC(CC(=O)OCc1ccccc1)C(=O)N[C@H]2C(C)C. The van der Waals surface area contributed by atoms with Crippen molar-refractivity contribution in [2.75, 3.05) is 12.4 Å². The topological polar surface area (TPSA) is 129 Å². The number of nitrogens with zero attached hydrogens (tertiary/aromatic N) is 1. The Morgan fingerprint density at radius 3 is 2.63 bits per heavy atom. The average molecular weight is 687 g/mol. The van der Waals surface area contributed by atoms with Crippen molar-refractivity contribution in [2.24, 2.45) is 11.8 Å². The fraction of sp³-hybridized carbons (Fsp3) is 0.314. The Labute approximate surface area is 274 Å². The molecule has 0 aliphatic carbocycles. The highest BCUT2D eigenvalue weighted by molar-refractivity contribution is 9.10. The van der Waals surface area contributed by atoms with Crippen LogP contribution in [0.5, 0.6) is 5.75 Å². The van der Waals surface area contributed by atoms with Gasteiger partial charge in [-0.1, -0.05) is 68.4 Å². The molecular weight excluding hydrogens is 654 g/mol. The lowest BCUT2D eigenvalue weighted by Gasteiger charge is -2.28. The van der Waals surface area contributed by atoms with Gasteiger partial charge in [-0.05, 0) is 51.5 Å². The van der Waals surface area contributed by atoms with Gasteiger partial charge in [0.2, 0.25) is 11.8 Å². The third kappa shape index (κ3) is 4.84. The smallest absolute Gasteiger partial charge is 0.360 e. The molecule has 1 amide bonds. The predicted molar refractivity (Wildman–Crippen MR) is 170 cm³/mol. The number of nitrogens with one attached hydrogen (secondary N) is 2. The van der Waals surface area contributed by atoms with Gasteiger partial charge in [0.15, 0.2) is 17.7 Å². The van der Waals surface area contributed by atoms with Gasteiger partial charge in [-0.2, -0.15) is 0 Å². The van der Waals surface area contributed by atoms with Gasteiger partial charge in [-0.3, -0.25) is 9.59 Å². The summed E-state index contributed by atoms with van der Waals surface area (Å²) in [6, 6.07) is 20.2. The molecule has 11 heteroatoms. The Hall–Kier alpha value is -4.64. The fourth-order valence-corrected chi connectivity index (χ4v) is 7.17. The largest absolute Gasteiger partial charge is 0.469 e. The van der Waals surface area contributed by atoms with E-state index in [0.29, 0.717) is 5.75 Å². The van der Waals surface area contributed by atoms with Crippen LogP contribution in [0, 0.1) is 11.8 Å². The van der Waals surface area contributed by atoms with Crippen molar-refractivity contribution in [1.82, 2.24) is 10.3 Å². The highest BCUT2D eigenvalue weighted by Crippen LogP contribution is 2.59. The van der Waals surface area contributed by atoms with Crippen LogP contribution in [0.25, 0.3) is 0 Å². The van der Waals surface area contributed by atoms with E-state index < -0.39 is 35.5 Å². The van der Waals surface area contributed by atoms with Crippen molar-refractivity contribution in [1.29, 1.82) is 0 Å². The monoisotopic (exact) mass is 685 g/mol. The van der Waals surface area contributed by atoms with Crippen LogP contribution in [0.2, 0.25) is 0 Å². The van der Waals surface area contributed by atoms with Crippen LogP contribution < -0.4 is 15.4 Å². The van der Waals surface area contributed by atoms with E-state index in [1.807, 2.05) is 80.6 Å². The summed E-state index contributed by atoms with van der Waals surface area (Å²) in [5.41, 5.74) is 2.93. The molecule has 3 aliphatic rings. The number of methoxy groups -OCH3 is 1. The molecule has 0 saturated carbocycles. The Balaban J connectivity index is 1.37. The molecule has 1 aromatic heterocycles. The van der Waals surface area contributed by atoms with E-state index in [9.17, 15) is 14.4 Å². The van der Waals surface area contributed by atoms with Crippen molar-refractivity contribution in [3.8, 4) is 5.75 Å². The molecule has 3 aromatic carbocycles. The molecule has 2 unspecified atom stereocenters. The summed E-state index contributed by atoms with van der Waals surface area (Å²) in [5.74, 6) is -1.42. The van der Waals surface area contributed by atoms with E-state index in [4.69, 9.17) is 18.6 Å². The van der Waals surface area contributed by atoms with Crippen molar-refractivity contribution in [2.45, 2.75) is 51.0 Å². The molecule has 236 valence electrons. The maximum atomic E-state index is 13.9. The van der Waals surface area contributed by atoms with Gasteiger partial charge >= 0.3 is 11.9 Å². The summed E-state index contributed by atoms with van der Waals surface area (Å²) >= 11 is 3.67. The number of ether oxygens (including phenoxy) is 3. The number of esters is 2. The number of carbonyl (C=O) groups excluding carboxylic acids is 3. The van der Waals surface area contributed by atoms with Gasteiger partial charge in [0.25, 0.3) is 0 Å². The second kappa shape index (κ2) is 11.6. The number of hydrogen-bond donors (Lipinski definition) is 2. The predicted octanol–water partition coefficient (Wildman–Crippen LogP) is 5.82. The summed E-state index contributed by atoms with van der Waals surface area (Å²) in [6.45, 7) is 3.96. The van der Waals surface area contributed by atoms with Crippen molar-refractivity contribution >= 4 is 39.5 Å². The van der Waals surface area contributed by atoms with Gasteiger partial charge in [0, 0.05) is 15.6 Å². The highest BCUT2D eigenvalue weighted by Gasteiger charge is 2.61. The number of carbonyl (C=O) groups is 3. The zero-order valence-corrected chi connectivity index (χ0v) is 27.1. The molecule has 4 bridgehead atoms. The number of fused-ring (bicyclic) bond motifs is 4. The summed E-state index contributed by atoms with van der Waals surface area (Å²) in [5, 5.41) is 6.56. The van der Waals surface area contributed by atoms with Crippen molar-refractivity contribution in [3.05, 3.63) is 111 Å². The number of oxazole rings is 1. The van der Waals surface area contributed by atoms with Crippen molar-refractivity contribution < 1.29 is 33.0 Å². The lowest BCUT2D eigenvalue weighted by atomic mass is 9.72.